The van der Waals surface area contributed by atoms with Crippen LogP contribution in [-0.2, 0) is 0 Å². The number of nitrogens with one attached hydrogen (secondary N) is 2. The summed E-state index contributed by atoms with van der Waals surface area (Å²) in [6.07, 6.45) is 6.11. The maximum absolute atomic E-state index is 4.56. The smallest absolute Gasteiger partial charge is 0.123 e. The molecule has 1 unspecified atom stereocenters. The molecular weight excluding hydrogens is 258 g/mol. The minimum Gasteiger partial charge on any atom is -0.341 e. The van der Waals surface area contributed by atoms with Gasteiger partial charge in [-0.3, -0.25) is 0 Å². The van der Waals surface area contributed by atoms with Gasteiger partial charge in [-0.05, 0) is 58.2 Å². The zero-order valence-corrected chi connectivity index (χ0v) is 13.2. The summed E-state index contributed by atoms with van der Waals surface area (Å²) in [6, 6.07) is 6.89. The number of aromatic nitrogens is 2. The number of aromatic amines is 1. The Morgan fingerprint density at radius 1 is 1.24 bits per heavy atom. The number of imidazole rings is 1. The summed E-state index contributed by atoms with van der Waals surface area (Å²) >= 11 is 0. The summed E-state index contributed by atoms with van der Waals surface area (Å²) in [6.45, 7) is 7.57. The zero-order valence-electron chi connectivity index (χ0n) is 13.2. The van der Waals surface area contributed by atoms with Gasteiger partial charge in [-0.1, -0.05) is 23.6 Å². The third-order valence-electron chi connectivity index (χ3n) is 4.48. The number of rotatable bonds is 5. The molecular formula is C18H25N3. The highest BCUT2D eigenvalue weighted by Gasteiger charge is 2.19. The lowest BCUT2D eigenvalue weighted by atomic mass is 9.85. The molecule has 1 atom stereocenters. The van der Waals surface area contributed by atoms with E-state index in [1.165, 1.54) is 36.0 Å². The van der Waals surface area contributed by atoms with Crippen LogP contribution in [0.5, 0.6) is 0 Å². The van der Waals surface area contributed by atoms with Crippen molar-refractivity contribution in [1.29, 1.82) is 0 Å². The van der Waals surface area contributed by atoms with E-state index in [9.17, 15) is 0 Å². The molecule has 0 radical (unpaired) electrons. The molecule has 1 aromatic carbocycles. The predicted octanol–water partition coefficient (Wildman–Crippen LogP) is 4.14. The van der Waals surface area contributed by atoms with E-state index < -0.39 is 0 Å². The van der Waals surface area contributed by atoms with Crippen LogP contribution in [0, 0.1) is 19.8 Å². The Morgan fingerprint density at radius 3 is 2.57 bits per heavy atom. The van der Waals surface area contributed by atoms with E-state index in [0.717, 1.165) is 24.0 Å². The molecule has 112 valence electrons. The van der Waals surface area contributed by atoms with Gasteiger partial charge in [0.15, 0.2) is 0 Å². The van der Waals surface area contributed by atoms with Crippen LogP contribution in [0.4, 0.5) is 0 Å². The first-order chi connectivity index (χ1) is 10.1. The van der Waals surface area contributed by atoms with Gasteiger partial charge in [-0.15, -0.1) is 0 Å². The zero-order chi connectivity index (χ0) is 14.8. The molecule has 0 spiro atoms. The summed E-state index contributed by atoms with van der Waals surface area (Å²) in [5.74, 6) is 1.91. The van der Waals surface area contributed by atoms with E-state index in [-0.39, 0.29) is 6.04 Å². The first-order valence-electron chi connectivity index (χ1n) is 7.99. The maximum Gasteiger partial charge on any atom is 0.123 e. The summed E-state index contributed by atoms with van der Waals surface area (Å²) in [7, 11) is 0. The normalized spacial score (nSPS) is 16.7. The third-order valence-corrected chi connectivity index (χ3v) is 4.48. The van der Waals surface area contributed by atoms with Crippen molar-refractivity contribution >= 4 is 0 Å². The van der Waals surface area contributed by atoms with Crippen LogP contribution in [0.1, 0.15) is 49.2 Å². The Labute approximate surface area is 127 Å². The molecule has 1 aromatic heterocycles. The molecule has 1 heterocycles. The van der Waals surface area contributed by atoms with Gasteiger partial charge in [0, 0.05) is 5.56 Å². The quantitative estimate of drug-likeness (QED) is 0.865. The third kappa shape index (κ3) is 3.35. The lowest BCUT2D eigenvalue weighted by molar-refractivity contribution is 0.291. The second-order valence-corrected chi connectivity index (χ2v) is 6.49. The minimum absolute atomic E-state index is 0.283. The van der Waals surface area contributed by atoms with Gasteiger partial charge in [-0.25, -0.2) is 4.98 Å². The van der Waals surface area contributed by atoms with Crippen molar-refractivity contribution in [3.63, 3.8) is 0 Å². The van der Waals surface area contributed by atoms with Gasteiger partial charge < -0.3 is 10.3 Å². The predicted molar refractivity (Wildman–Crippen MR) is 87.3 cm³/mol. The fourth-order valence-corrected chi connectivity index (χ4v) is 2.97. The Bertz CT molecular complexity index is 590. The van der Waals surface area contributed by atoms with Crippen molar-refractivity contribution < 1.29 is 0 Å². The lowest BCUT2D eigenvalue weighted by Crippen LogP contribution is -2.29. The van der Waals surface area contributed by atoms with Gasteiger partial charge >= 0.3 is 0 Å². The van der Waals surface area contributed by atoms with Gasteiger partial charge in [0.25, 0.3) is 0 Å². The van der Waals surface area contributed by atoms with Crippen LogP contribution < -0.4 is 5.32 Å². The van der Waals surface area contributed by atoms with Crippen molar-refractivity contribution in [2.45, 2.75) is 46.1 Å². The molecule has 2 N–H and O–H groups in total. The molecule has 3 rings (SSSR count). The molecule has 1 saturated carbocycles. The van der Waals surface area contributed by atoms with Crippen molar-refractivity contribution in [2.75, 3.05) is 6.54 Å². The van der Waals surface area contributed by atoms with E-state index in [1.807, 2.05) is 6.20 Å². The molecule has 1 aliphatic rings. The van der Waals surface area contributed by atoms with Gasteiger partial charge in [-0.2, -0.15) is 0 Å². The van der Waals surface area contributed by atoms with Gasteiger partial charge in [0.2, 0.25) is 0 Å². The van der Waals surface area contributed by atoms with Crippen LogP contribution in [0.3, 0.4) is 0 Å². The molecule has 0 amide bonds. The number of H-pyrrole nitrogens is 1. The average Bonchev–Trinajstić information content (AvgIpc) is 2.85. The minimum atomic E-state index is 0.283. The highest BCUT2D eigenvalue weighted by atomic mass is 15.0. The van der Waals surface area contributed by atoms with Crippen molar-refractivity contribution in [1.82, 2.24) is 15.3 Å². The Morgan fingerprint density at radius 2 is 1.95 bits per heavy atom. The lowest BCUT2D eigenvalue weighted by Gasteiger charge is -2.26. The van der Waals surface area contributed by atoms with Crippen LogP contribution in [0.25, 0.3) is 11.3 Å². The van der Waals surface area contributed by atoms with Crippen molar-refractivity contribution in [2.24, 2.45) is 5.92 Å². The molecule has 1 fully saturated rings. The molecule has 1 aliphatic carbocycles. The largest absolute Gasteiger partial charge is 0.341 e. The molecule has 0 saturated heterocycles. The monoisotopic (exact) mass is 283 g/mol. The van der Waals surface area contributed by atoms with E-state index in [4.69, 9.17) is 0 Å². The van der Waals surface area contributed by atoms with Crippen molar-refractivity contribution in [3.05, 3.63) is 41.3 Å². The number of hydrogen-bond acceptors (Lipinski definition) is 2. The van der Waals surface area contributed by atoms with E-state index in [2.05, 4.69) is 54.3 Å². The van der Waals surface area contributed by atoms with Gasteiger partial charge in [0.1, 0.15) is 5.82 Å². The molecule has 3 heteroatoms. The standard InChI is InChI=1S/C18H25N3/c1-12-7-13(2)9-16(8-12)17-11-20-18(21-17)14(3)19-10-15-5-4-6-15/h7-9,11,14-15,19H,4-6,10H2,1-3H3,(H,20,21). The maximum atomic E-state index is 4.56. The second-order valence-electron chi connectivity index (χ2n) is 6.49. The van der Waals surface area contributed by atoms with Crippen LogP contribution in [0.2, 0.25) is 0 Å². The Balaban J connectivity index is 1.69. The molecule has 0 aliphatic heterocycles. The van der Waals surface area contributed by atoms with Crippen LogP contribution >= 0.6 is 0 Å². The average molecular weight is 283 g/mol. The summed E-state index contributed by atoms with van der Waals surface area (Å²) in [5, 5.41) is 3.59. The number of aryl methyl sites for hydroxylation is 2. The number of nitrogens with zero attached hydrogens (tertiary/aromatic N) is 1. The van der Waals surface area contributed by atoms with Crippen LogP contribution in [-0.4, -0.2) is 16.5 Å². The van der Waals surface area contributed by atoms with Crippen LogP contribution in [0.15, 0.2) is 24.4 Å². The first kappa shape index (κ1) is 14.3. The fraction of sp³-hybridized carbons (Fsp3) is 0.500. The topological polar surface area (TPSA) is 40.7 Å². The molecule has 21 heavy (non-hydrogen) atoms. The highest BCUT2D eigenvalue weighted by Crippen LogP contribution is 2.26. The van der Waals surface area contributed by atoms with Crippen molar-refractivity contribution in [3.8, 4) is 11.3 Å². The number of benzene rings is 1. The summed E-state index contributed by atoms with van der Waals surface area (Å²) < 4.78 is 0. The number of hydrogen-bond donors (Lipinski definition) is 2. The second kappa shape index (κ2) is 6.02. The molecule has 2 aromatic rings. The Kier molecular flexibility index (Phi) is 4.11. The van der Waals surface area contributed by atoms with E-state index in [0.29, 0.717) is 0 Å². The first-order valence-corrected chi connectivity index (χ1v) is 7.99. The summed E-state index contributed by atoms with van der Waals surface area (Å²) in [5.41, 5.74) is 4.90. The highest BCUT2D eigenvalue weighted by molar-refractivity contribution is 5.60. The van der Waals surface area contributed by atoms with Gasteiger partial charge in [0.05, 0.1) is 17.9 Å². The Hall–Kier alpha value is -1.61. The molecule has 0 bridgehead atoms. The summed E-state index contributed by atoms with van der Waals surface area (Å²) in [4.78, 5) is 8.03. The SMILES string of the molecule is Cc1cc(C)cc(-c2cnc(C(C)NCC3CCC3)[nH]2)c1. The molecule has 3 nitrogen and oxygen atoms in total. The fourth-order valence-electron chi connectivity index (χ4n) is 2.97. The van der Waals surface area contributed by atoms with E-state index in [1.54, 1.807) is 0 Å². The van der Waals surface area contributed by atoms with E-state index >= 15 is 0 Å².